The first-order valence-electron chi connectivity index (χ1n) is 24.9. The Labute approximate surface area is 411 Å². The zero-order valence-corrected chi connectivity index (χ0v) is 43.9. The average molecular weight is 976 g/mol. The molecule has 1 fully saturated rings. The Morgan fingerprint density at radius 2 is 1.49 bits per heavy atom. The fraction of sp³-hybridized carbons (Fsp3) is 0.481. The molecule has 1 N–H and O–H groups in total. The fourth-order valence-electron chi connectivity index (χ4n) is 8.90. The van der Waals surface area contributed by atoms with Crippen LogP contribution in [0.15, 0.2) is 96.0 Å². The predicted molar refractivity (Wildman–Crippen MR) is 277 cm³/mol. The van der Waals surface area contributed by atoms with Crippen molar-refractivity contribution in [1.82, 2.24) is 33.9 Å². The molecule has 0 spiro atoms. The number of benzene rings is 4. The number of nitrogens with zero attached hydrogens (tertiary/aromatic N) is 6. The summed E-state index contributed by atoms with van der Waals surface area (Å²) in [5.41, 5.74) is 3.08. The van der Waals surface area contributed by atoms with E-state index >= 15 is 4.79 Å². The largest absolute Gasteiger partial charge is 0.415 e. The summed E-state index contributed by atoms with van der Waals surface area (Å²) in [6, 6.07) is 24.7. The number of fused-ring (bicyclic) bond motifs is 2. The van der Waals surface area contributed by atoms with Gasteiger partial charge in [0, 0.05) is 69.7 Å². The molecule has 0 radical (unpaired) electrons. The van der Waals surface area contributed by atoms with E-state index < -0.39 is 24.2 Å². The number of carbonyl (C=O) groups excluding carboxylic acids is 3. The maximum Gasteiger partial charge on any atom is 0.274 e. The van der Waals surface area contributed by atoms with E-state index in [0.29, 0.717) is 56.3 Å². The monoisotopic (exact) mass is 976 g/mol. The van der Waals surface area contributed by atoms with Crippen LogP contribution in [-0.4, -0.2) is 129 Å². The predicted octanol–water partition coefficient (Wildman–Crippen LogP) is 9.09. The minimum absolute atomic E-state index is 0.00674. The molecule has 0 bridgehead atoms. The quantitative estimate of drug-likeness (QED) is 0.0804. The van der Waals surface area contributed by atoms with Crippen molar-refractivity contribution in [3.8, 4) is 11.4 Å². The number of carbonyl (C=O) groups is 3. The minimum atomic E-state index is -4.32. The zero-order chi connectivity index (χ0) is 49.5. The van der Waals surface area contributed by atoms with Gasteiger partial charge in [-0.25, -0.2) is 18.1 Å². The number of aromatic nitrogens is 2. The maximum atomic E-state index is 15.7. The number of unbranched alkanes of at least 4 members (excludes halogenated alkanes) is 2. The smallest absolute Gasteiger partial charge is 0.274 e. The molecule has 370 valence electrons. The molecule has 1 atom stereocenters. The average Bonchev–Trinajstić information content (AvgIpc) is 3.76. The number of hydrogen-bond donors (Lipinski definition) is 1. The van der Waals surface area contributed by atoms with Gasteiger partial charge in [0.05, 0.1) is 23.1 Å². The normalized spacial score (nSPS) is 16.1. The highest BCUT2D eigenvalue weighted by Crippen LogP contribution is 2.38. The Kier molecular flexibility index (Phi) is 16.7. The molecule has 2 aliphatic heterocycles. The van der Waals surface area contributed by atoms with Crippen molar-refractivity contribution < 1.29 is 27.2 Å². The third-order valence-electron chi connectivity index (χ3n) is 14.4. The molecule has 1 saturated heterocycles. The van der Waals surface area contributed by atoms with Crippen LogP contribution in [0.3, 0.4) is 0 Å². The lowest BCUT2D eigenvalue weighted by Gasteiger charge is -2.41. The van der Waals surface area contributed by atoms with Crippen molar-refractivity contribution in [3.63, 3.8) is 0 Å². The van der Waals surface area contributed by atoms with Gasteiger partial charge in [0.15, 0.2) is 8.32 Å². The molecule has 0 unspecified atom stereocenters. The summed E-state index contributed by atoms with van der Waals surface area (Å²) in [5, 5.41) is 1.53. The van der Waals surface area contributed by atoms with Crippen molar-refractivity contribution in [1.29, 1.82) is 0 Å². The lowest BCUT2D eigenvalue weighted by molar-refractivity contribution is 0.0555. The standard InChI is InChI=1S/C54H73N7O6SSi/c1-9-11-27-59(28-12-10-2)53(64)49-38-60(29-17-26-58-32-30-57(6)31-33-58)50(55-49)47-25-23-43(51(62)56-68(65,66)46-24-22-40-18-13-14-20-42(40)35-46)36-48(47)52(63)61-37-44-21-16-15-19-41(44)34-45(61)39-67-69(7,8)54(3,4)5/h13-16,18-25,35-36,38,45H,9-12,17,26-34,37,39H2,1-8H3,(H,56,62)/t45-/m0/s1. The van der Waals surface area contributed by atoms with E-state index in [-0.39, 0.29) is 38.9 Å². The number of piperazine rings is 1. The van der Waals surface area contributed by atoms with E-state index in [1.54, 1.807) is 18.2 Å². The summed E-state index contributed by atoms with van der Waals surface area (Å²) < 4.78 is 38.8. The highest BCUT2D eigenvalue weighted by atomic mass is 32.2. The van der Waals surface area contributed by atoms with Crippen molar-refractivity contribution in [3.05, 3.63) is 119 Å². The number of hydrogen-bond acceptors (Lipinski definition) is 9. The Bertz CT molecular complexity index is 2720. The number of amides is 3. The summed E-state index contributed by atoms with van der Waals surface area (Å²) in [6.07, 6.45) is 6.80. The second-order valence-corrected chi connectivity index (χ2v) is 27.0. The summed E-state index contributed by atoms with van der Waals surface area (Å²) in [4.78, 5) is 58.0. The molecule has 3 amide bonds. The number of imidazole rings is 1. The third-order valence-corrected chi connectivity index (χ3v) is 20.2. The van der Waals surface area contributed by atoms with E-state index in [9.17, 15) is 18.0 Å². The molecule has 0 aliphatic carbocycles. The molecular weight excluding hydrogens is 903 g/mol. The first-order chi connectivity index (χ1) is 32.9. The number of nitrogens with one attached hydrogen (secondary N) is 1. The summed E-state index contributed by atoms with van der Waals surface area (Å²) in [7, 11) is -4.43. The zero-order valence-electron chi connectivity index (χ0n) is 42.1. The van der Waals surface area contributed by atoms with Gasteiger partial charge in [-0.15, -0.1) is 0 Å². The first kappa shape index (κ1) is 51.7. The van der Waals surface area contributed by atoms with Crippen LogP contribution in [-0.2, 0) is 34.0 Å². The second-order valence-electron chi connectivity index (χ2n) is 20.5. The molecule has 7 rings (SSSR count). The number of likely N-dealkylation sites (N-methyl/N-ethyl adjacent to an activating group) is 1. The summed E-state index contributed by atoms with van der Waals surface area (Å²) in [6.45, 7) is 22.4. The van der Waals surface area contributed by atoms with Gasteiger partial charge >= 0.3 is 0 Å². The lowest BCUT2D eigenvalue weighted by atomic mass is 9.92. The Hall–Kier alpha value is -5.19. The molecule has 3 heterocycles. The van der Waals surface area contributed by atoms with Crippen LogP contribution in [0.1, 0.15) is 109 Å². The van der Waals surface area contributed by atoms with Gasteiger partial charge in [-0.3, -0.25) is 14.4 Å². The second kappa shape index (κ2) is 22.3. The van der Waals surface area contributed by atoms with Crippen LogP contribution < -0.4 is 4.72 Å². The molecule has 4 aromatic carbocycles. The lowest BCUT2D eigenvalue weighted by Crippen LogP contribution is -2.50. The molecular formula is C54H73N7O6SSi. The third kappa shape index (κ3) is 12.4. The Morgan fingerprint density at radius 1 is 0.826 bits per heavy atom. The van der Waals surface area contributed by atoms with Crippen LogP contribution in [0.25, 0.3) is 22.2 Å². The molecule has 13 nitrogen and oxygen atoms in total. The number of aryl methyl sites for hydroxylation is 1. The minimum Gasteiger partial charge on any atom is -0.415 e. The fourth-order valence-corrected chi connectivity index (χ4v) is 10.9. The van der Waals surface area contributed by atoms with Crippen molar-refractivity contribution in [2.24, 2.45) is 0 Å². The summed E-state index contributed by atoms with van der Waals surface area (Å²) in [5.74, 6) is -0.940. The molecule has 69 heavy (non-hydrogen) atoms. The molecule has 1 aromatic heterocycles. The van der Waals surface area contributed by atoms with Gasteiger partial charge < -0.3 is 28.6 Å². The van der Waals surface area contributed by atoms with E-state index in [2.05, 4.69) is 75.3 Å². The molecule has 2 aliphatic rings. The van der Waals surface area contributed by atoms with Crippen LogP contribution in [0, 0.1) is 0 Å². The molecule has 15 heteroatoms. The van der Waals surface area contributed by atoms with Crippen molar-refractivity contribution in [2.75, 3.05) is 59.5 Å². The van der Waals surface area contributed by atoms with Crippen molar-refractivity contribution in [2.45, 2.75) is 115 Å². The van der Waals surface area contributed by atoms with Crippen LogP contribution in [0.5, 0.6) is 0 Å². The van der Waals surface area contributed by atoms with Crippen LogP contribution >= 0.6 is 0 Å². The van der Waals surface area contributed by atoms with E-state index in [4.69, 9.17) is 9.41 Å². The van der Waals surface area contributed by atoms with Crippen LogP contribution in [0.4, 0.5) is 0 Å². The Balaban J connectivity index is 1.32. The van der Waals surface area contributed by atoms with Gasteiger partial charge in [-0.1, -0.05) is 102 Å². The Morgan fingerprint density at radius 3 is 2.17 bits per heavy atom. The number of rotatable bonds is 19. The topological polar surface area (TPSA) is 137 Å². The first-order valence-corrected chi connectivity index (χ1v) is 29.3. The van der Waals surface area contributed by atoms with E-state index in [1.807, 2.05) is 63.0 Å². The van der Waals surface area contributed by atoms with Crippen molar-refractivity contribution >= 4 is 46.8 Å². The van der Waals surface area contributed by atoms with Gasteiger partial charge in [0.1, 0.15) is 11.5 Å². The van der Waals surface area contributed by atoms with Gasteiger partial charge in [0.25, 0.3) is 27.7 Å². The summed E-state index contributed by atoms with van der Waals surface area (Å²) >= 11 is 0. The van der Waals surface area contributed by atoms with Crippen LogP contribution in [0.2, 0.25) is 18.1 Å². The highest BCUT2D eigenvalue weighted by molar-refractivity contribution is 7.90. The molecule has 5 aromatic rings. The molecule has 0 saturated carbocycles. The SMILES string of the molecule is CCCCN(CCCC)C(=O)c1cn(CCCN2CCN(C)CC2)c(-c2ccc(C(=O)NS(=O)(=O)c3ccc4ccccc4c3)cc2C(=O)N2Cc3ccccc3C[C@H]2CO[Si](C)(C)C(C)(C)C)n1. The van der Waals surface area contributed by atoms with Gasteiger partial charge in [0.2, 0.25) is 0 Å². The highest BCUT2D eigenvalue weighted by Gasteiger charge is 2.40. The number of sulfonamides is 1. The maximum absolute atomic E-state index is 15.7. The van der Waals surface area contributed by atoms with E-state index in [1.165, 1.54) is 18.2 Å². The van der Waals surface area contributed by atoms with E-state index in [0.717, 1.165) is 86.7 Å². The van der Waals surface area contributed by atoms with Gasteiger partial charge in [-0.2, -0.15) is 0 Å². The van der Waals surface area contributed by atoms with Gasteiger partial charge in [-0.05, 0) is 110 Å².